The van der Waals surface area contributed by atoms with Crippen LogP contribution in [0.5, 0.6) is 5.75 Å². The minimum absolute atomic E-state index is 0.0383. The number of aldehydes is 1. The highest BCUT2D eigenvalue weighted by atomic mass is 32.2. The molecule has 1 rings (SSSR count). The molecular weight excluding hydrogens is 179 g/mol. The maximum atomic E-state index is 12.2. The fraction of sp³-hybridized carbons (Fsp3) is 0.125. The van der Waals surface area contributed by atoms with Gasteiger partial charge in [-0.2, -0.15) is 3.89 Å². The fourth-order valence-electron chi connectivity index (χ4n) is 0.806. The molecule has 0 radical (unpaired) electrons. The Morgan fingerprint density at radius 3 is 2.83 bits per heavy atom. The number of halogens is 1. The Kier molecular flexibility index (Phi) is 3.10. The van der Waals surface area contributed by atoms with Crippen LogP contribution < -0.4 is 4.74 Å². The first kappa shape index (κ1) is 9.06. The lowest BCUT2D eigenvalue weighted by atomic mass is 10.2. The summed E-state index contributed by atoms with van der Waals surface area (Å²) in [5.74, 6) is 0.542. The molecule has 2 nitrogen and oxygen atoms in total. The molecule has 12 heavy (non-hydrogen) atoms. The summed E-state index contributed by atoms with van der Waals surface area (Å²) in [6, 6.07) is 4.62. The van der Waals surface area contributed by atoms with Crippen LogP contribution in [0.25, 0.3) is 0 Å². The molecule has 0 aromatic heterocycles. The molecule has 64 valence electrons. The average Bonchev–Trinajstić information content (AvgIpc) is 2.16. The summed E-state index contributed by atoms with van der Waals surface area (Å²) in [5.41, 5.74) is 0.336. The SMILES string of the molecule is COc1ccc(C=O)c(SF)c1. The van der Waals surface area contributed by atoms with Crippen LogP contribution in [0.1, 0.15) is 10.4 Å². The van der Waals surface area contributed by atoms with Crippen molar-refractivity contribution in [1.29, 1.82) is 0 Å². The molecule has 1 aromatic carbocycles. The van der Waals surface area contributed by atoms with Crippen LogP contribution in [-0.2, 0) is 0 Å². The Bertz CT molecular complexity index is 288. The maximum Gasteiger partial charge on any atom is 0.151 e. The van der Waals surface area contributed by atoms with E-state index >= 15 is 0 Å². The van der Waals surface area contributed by atoms with E-state index in [9.17, 15) is 8.68 Å². The van der Waals surface area contributed by atoms with Gasteiger partial charge in [0.1, 0.15) is 5.75 Å². The topological polar surface area (TPSA) is 26.3 Å². The van der Waals surface area contributed by atoms with E-state index in [2.05, 4.69) is 0 Å². The molecule has 0 unspecified atom stereocenters. The summed E-state index contributed by atoms with van der Waals surface area (Å²) in [7, 11) is 1.49. The van der Waals surface area contributed by atoms with E-state index < -0.39 is 0 Å². The number of hydrogen-bond donors (Lipinski definition) is 0. The van der Waals surface area contributed by atoms with Gasteiger partial charge < -0.3 is 4.74 Å². The summed E-state index contributed by atoms with van der Waals surface area (Å²) in [6.45, 7) is 0. The lowest BCUT2D eigenvalue weighted by Gasteiger charge is -2.01. The zero-order valence-electron chi connectivity index (χ0n) is 6.41. The van der Waals surface area contributed by atoms with E-state index in [0.29, 0.717) is 17.6 Å². The second-order valence-electron chi connectivity index (χ2n) is 2.10. The van der Waals surface area contributed by atoms with Gasteiger partial charge in [0, 0.05) is 5.56 Å². The highest BCUT2D eigenvalue weighted by Gasteiger charge is 2.03. The van der Waals surface area contributed by atoms with Crippen molar-refractivity contribution in [3.8, 4) is 5.75 Å². The van der Waals surface area contributed by atoms with E-state index in [1.54, 1.807) is 6.07 Å². The normalized spacial score (nSPS) is 9.50. The van der Waals surface area contributed by atoms with Gasteiger partial charge in [-0.3, -0.25) is 4.79 Å². The average molecular weight is 186 g/mol. The van der Waals surface area contributed by atoms with Crippen LogP contribution in [0, 0.1) is 0 Å². The Morgan fingerprint density at radius 1 is 1.58 bits per heavy atom. The highest BCUT2D eigenvalue weighted by Crippen LogP contribution is 2.26. The number of hydrogen-bond acceptors (Lipinski definition) is 3. The lowest BCUT2D eigenvalue weighted by Crippen LogP contribution is -1.87. The van der Waals surface area contributed by atoms with Gasteiger partial charge >= 0.3 is 0 Å². The molecular formula is C8H7FO2S. The van der Waals surface area contributed by atoms with Gasteiger partial charge in [-0.05, 0) is 18.2 Å². The van der Waals surface area contributed by atoms with Crippen molar-refractivity contribution in [2.75, 3.05) is 7.11 Å². The molecule has 0 spiro atoms. The van der Waals surface area contributed by atoms with Crippen LogP contribution in [0.3, 0.4) is 0 Å². The van der Waals surface area contributed by atoms with Crippen molar-refractivity contribution in [3.63, 3.8) is 0 Å². The van der Waals surface area contributed by atoms with E-state index in [-0.39, 0.29) is 17.0 Å². The number of benzene rings is 1. The third kappa shape index (κ3) is 1.76. The minimum Gasteiger partial charge on any atom is -0.497 e. The van der Waals surface area contributed by atoms with Gasteiger partial charge in [0.05, 0.1) is 24.2 Å². The largest absolute Gasteiger partial charge is 0.497 e. The number of carbonyl (C=O) groups is 1. The Morgan fingerprint density at radius 2 is 2.33 bits per heavy atom. The van der Waals surface area contributed by atoms with Crippen LogP contribution in [0.15, 0.2) is 23.1 Å². The van der Waals surface area contributed by atoms with Gasteiger partial charge in [0.15, 0.2) is 6.29 Å². The standard InChI is InChI=1S/C8H7FO2S/c1-11-7-3-2-6(5-10)8(4-7)12-9/h2-5H,1H3. The predicted molar refractivity (Wildman–Crippen MR) is 45.3 cm³/mol. The fourth-order valence-corrected chi connectivity index (χ4v) is 1.17. The van der Waals surface area contributed by atoms with Crippen LogP contribution in [-0.4, -0.2) is 13.4 Å². The summed E-state index contributed by atoms with van der Waals surface area (Å²) >= 11 is 0.0383. The summed E-state index contributed by atoms with van der Waals surface area (Å²) in [6.07, 6.45) is 0.612. The molecule has 0 amide bonds. The first-order valence-corrected chi connectivity index (χ1v) is 3.95. The van der Waals surface area contributed by atoms with Gasteiger partial charge in [0.25, 0.3) is 0 Å². The van der Waals surface area contributed by atoms with Gasteiger partial charge in [-0.25, -0.2) is 0 Å². The summed E-state index contributed by atoms with van der Waals surface area (Å²) in [5, 5.41) is 0. The van der Waals surface area contributed by atoms with Gasteiger partial charge in [0.2, 0.25) is 0 Å². The molecule has 0 aliphatic heterocycles. The van der Waals surface area contributed by atoms with Crippen LogP contribution in [0.4, 0.5) is 3.89 Å². The van der Waals surface area contributed by atoms with E-state index in [4.69, 9.17) is 4.74 Å². The zero-order chi connectivity index (χ0) is 8.97. The number of carbonyl (C=O) groups excluding carboxylic acids is 1. The van der Waals surface area contributed by atoms with Crippen molar-refractivity contribution in [3.05, 3.63) is 23.8 Å². The predicted octanol–water partition coefficient (Wildman–Crippen LogP) is 2.48. The smallest absolute Gasteiger partial charge is 0.151 e. The lowest BCUT2D eigenvalue weighted by molar-refractivity contribution is 0.112. The van der Waals surface area contributed by atoms with E-state index in [1.165, 1.54) is 19.2 Å². The first-order chi connectivity index (χ1) is 5.81. The molecule has 0 bridgehead atoms. The van der Waals surface area contributed by atoms with Crippen LogP contribution in [0.2, 0.25) is 0 Å². The quantitative estimate of drug-likeness (QED) is 0.678. The molecule has 0 saturated carbocycles. The third-order valence-corrected chi connectivity index (χ3v) is 1.95. The van der Waals surface area contributed by atoms with Crippen molar-refractivity contribution >= 4 is 18.4 Å². The molecule has 0 aliphatic carbocycles. The molecule has 0 N–H and O–H groups in total. The van der Waals surface area contributed by atoms with Gasteiger partial charge in [-0.15, -0.1) is 0 Å². The Balaban J connectivity index is 3.10. The summed E-state index contributed by atoms with van der Waals surface area (Å²) in [4.78, 5) is 10.6. The number of rotatable bonds is 3. The molecule has 1 aromatic rings. The Hall–Kier alpha value is -1.03. The van der Waals surface area contributed by atoms with Crippen molar-refractivity contribution < 1.29 is 13.4 Å². The maximum absolute atomic E-state index is 12.2. The molecule has 0 saturated heterocycles. The third-order valence-electron chi connectivity index (χ3n) is 1.43. The number of ether oxygens (including phenoxy) is 1. The molecule has 0 aliphatic rings. The van der Waals surface area contributed by atoms with E-state index in [1.807, 2.05) is 0 Å². The Labute approximate surface area is 74.0 Å². The second-order valence-corrected chi connectivity index (χ2v) is 2.69. The molecule has 0 heterocycles. The minimum atomic E-state index is 0.0383. The van der Waals surface area contributed by atoms with Crippen LogP contribution >= 0.6 is 12.1 Å². The zero-order valence-corrected chi connectivity index (χ0v) is 7.23. The number of methoxy groups -OCH3 is 1. The first-order valence-electron chi connectivity index (χ1n) is 3.23. The van der Waals surface area contributed by atoms with Crippen molar-refractivity contribution in [2.24, 2.45) is 0 Å². The molecule has 4 heteroatoms. The molecule has 0 fully saturated rings. The van der Waals surface area contributed by atoms with Crippen molar-refractivity contribution in [2.45, 2.75) is 4.90 Å². The monoisotopic (exact) mass is 186 g/mol. The molecule has 0 atom stereocenters. The highest BCUT2D eigenvalue weighted by molar-refractivity contribution is 7.94. The van der Waals surface area contributed by atoms with Gasteiger partial charge in [-0.1, -0.05) is 0 Å². The van der Waals surface area contributed by atoms with E-state index in [0.717, 1.165) is 0 Å². The second kappa shape index (κ2) is 4.11. The summed E-state index contributed by atoms with van der Waals surface area (Å²) < 4.78 is 17.1. The van der Waals surface area contributed by atoms with Crippen molar-refractivity contribution in [1.82, 2.24) is 0 Å².